The molecule has 0 fully saturated rings. The van der Waals surface area contributed by atoms with Crippen molar-refractivity contribution >= 4 is 43.4 Å². The van der Waals surface area contributed by atoms with Gasteiger partial charge in [0, 0.05) is 0 Å². The summed E-state index contributed by atoms with van der Waals surface area (Å²) in [7, 11) is -8.30. The molecule has 6 nitrogen and oxygen atoms in total. The normalized spacial score (nSPS) is 13.1. The highest BCUT2D eigenvalue weighted by Crippen LogP contribution is 2.33. The Morgan fingerprint density at radius 3 is 1.27 bits per heavy atom. The molecular weight excluding hydrogens is 375 g/mol. The monoisotopic (exact) mass is 390 g/mol. The number of hydrogen-bond acceptors (Lipinski definition) is 6. The highest BCUT2D eigenvalue weighted by Gasteiger charge is 2.27. The Labute approximate surface area is 140 Å². The lowest BCUT2D eigenvalue weighted by Gasteiger charge is -2.13. The van der Waals surface area contributed by atoms with Gasteiger partial charge in [-0.25, -0.2) is 0 Å². The van der Waals surface area contributed by atoms with E-state index in [2.05, 4.69) is 0 Å². The summed E-state index contributed by atoms with van der Waals surface area (Å²) in [4.78, 5) is -0.812. The Morgan fingerprint density at radius 1 is 0.773 bits per heavy atom. The molecular formula is C12H16Cl2O6S2. The second-order valence-electron chi connectivity index (χ2n) is 4.91. The van der Waals surface area contributed by atoms with E-state index in [1.165, 1.54) is 27.7 Å². The van der Waals surface area contributed by atoms with E-state index in [4.69, 9.17) is 31.6 Å². The van der Waals surface area contributed by atoms with Crippen molar-refractivity contribution < 1.29 is 25.2 Å². The van der Waals surface area contributed by atoms with Crippen molar-refractivity contribution in [3.8, 4) is 0 Å². The summed E-state index contributed by atoms with van der Waals surface area (Å²) < 4.78 is 57.6. The van der Waals surface area contributed by atoms with Gasteiger partial charge < -0.3 is 0 Å². The minimum atomic E-state index is -4.15. The molecule has 1 rings (SSSR count). The average molecular weight is 391 g/mol. The summed E-state index contributed by atoms with van der Waals surface area (Å²) in [6.07, 6.45) is -1.21. The zero-order valence-corrected chi connectivity index (χ0v) is 15.5. The zero-order valence-electron chi connectivity index (χ0n) is 12.3. The molecule has 0 N–H and O–H groups in total. The highest BCUT2D eigenvalue weighted by atomic mass is 35.5. The second kappa shape index (κ2) is 7.02. The lowest BCUT2D eigenvalue weighted by atomic mass is 10.3. The molecule has 0 saturated heterocycles. The SMILES string of the molecule is CC(C)OS(=O)(=O)c1cc(Cl)c(S(=O)(=O)OC(C)C)cc1Cl. The van der Waals surface area contributed by atoms with Crippen molar-refractivity contribution in [2.75, 3.05) is 0 Å². The van der Waals surface area contributed by atoms with Crippen molar-refractivity contribution in [2.24, 2.45) is 0 Å². The molecule has 0 spiro atoms. The van der Waals surface area contributed by atoms with Gasteiger partial charge in [-0.2, -0.15) is 16.8 Å². The van der Waals surface area contributed by atoms with E-state index in [9.17, 15) is 16.8 Å². The molecule has 10 heteroatoms. The summed E-state index contributed by atoms with van der Waals surface area (Å²) in [5.41, 5.74) is 0. The number of halogens is 2. The molecule has 0 aliphatic heterocycles. The van der Waals surface area contributed by atoms with Crippen molar-refractivity contribution in [3.05, 3.63) is 22.2 Å². The molecule has 1 aromatic carbocycles. The van der Waals surface area contributed by atoms with Gasteiger partial charge in [0.1, 0.15) is 9.79 Å². The van der Waals surface area contributed by atoms with E-state index < -0.39 is 42.2 Å². The van der Waals surface area contributed by atoms with Crippen LogP contribution in [-0.2, 0) is 28.6 Å². The van der Waals surface area contributed by atoms with Gasteiger partial charge in [-0.1, -0.05) is 23.2 Å². The van der Waals surface area contributed by atoms with Crippen LogP contribution < -0.4 is 0 Å². The fraction of sp³-hybridized carbons (Fsp3) is 0.500. The molecule has 0 amide bonds. The van der Waals surface area contributed by atoms with Crippen molar-refractivity contribution in [1.29, 1.82) is 0 Å². The summed E-state index contributed by atoms with van der Waals surface area (Å²) in [6.45, 7) is 6.12. The molecule has 1 aromatic rings. The summed E-state index contributed by atoms with van der Waals surface area (Å²) in [6, 6.07) is 1.86. The maximum Gasteiger partial charge on any atom is 0.298 e. The van der Waals surface area contributed by atoms with Crippen LogP contribution in [0.25, 0.3) is 0 Å². The Hall–Kier alpha value is -0.380. The molecule has 0 saturated carbocycles. The number of hydrogen-bond donors (Lipinski definition) is 0. The molecule has 0 bridgehead atoms. The van der Waals surface area contributed by atoms with Gasteiger partial charge >= 0.3 is 0 Å². The minimum absolute atomic E-state index is 0.323. The molecule has 126 valence electrons. The van der Waals surface area contributed by atoms with Crippen LogP contribution in [0, 0.1) is 0 Å². The quantitative estimate of drug-likeness (QED) is 0.692. The Bertz CT molecular complexity index is 688. The standard InChI is InChI=1S/C12H16Cl2O6S2/c1-7(2)19-21(15,16)11-5-10(14)12(6-9(11)13)22(17,18)20-8(3)4/h5-8H,1-4H3. The predicted octanol–water partition coefficient (Wildman–Crippen LogP) is 3.22. The van der Waals surface area contributed by atoms with Gasteiger partial charge in [0.2, 0.25) is 0 Å². The van der Waals surface area contributed by atoms with Crippen LogP contribution in [0.3, 0.4) is 0 Å². The first kappa shape index (κ1) is 19.7. The smallest absolute Gasteiger partial charge is 0.264 e. The van der Waals surface area contributed by atoms with Crippen LogP contribution in [0.5, 0.6) is 0 Å². The lowest BCUT2D eigenvalue weighted by molar-refractivity contribution is 0.247. The van der Waals surface area contributed by atoms with E-state index in [0.29, 0.717) is 0 Å². The fourth-order valence-corrected chi connectivity index (χ4v) is 4.87. The third kappa shape index (κ3) is 4.81. The number of benzene rings is 1. The van der Waals surface area contributed by atoms with Crippen LogP contribution in [-0.4, -0.2) is 29.0 Å². The van der Waals surface area contributed by atoms with E-state index in [1.54, 1.807) is 0 Å². The molecule has 0 atom stereocenters. The molecule has 0 unspecified atom stereocenters. The van der Waals surface area contributed by atoms with E-state index in [0.717, 1.165) is 12.1 Å². The van der Waals surface area contributed by atoms with Gasteiger partial charge in [0.15, 0.2) is 0 Å². The summed E-state index contributed by atoms with van der Waals surface area (Å²) >= 11 is 11.7. The van der Waals surface area contributed by atoms with Gasteiger partial charge in [0.05, 0.1) is 22.3 Å². The molecule has 0 aliphatic rings. The van der Waals surface area contributed by atoms with E-state index in [-0.39, 0.29) is 10.0 Å². The molecule has 0 radical (unpaired) electrons. The van der Waals surface area contributed by atoms with E-state index >= 15 is 0 Å². The first-order valence-corrected chi connectivity index (χ1v) is 9.79. The van der Waals surface area contributed by atoms with Crippen LogP contribution >= 0.6 is 23.2 Å². The van der Waals surface area contributed by atoms with Gasteiger partial charge in [-0.05, 0) is 39.8 Å². The largest absolute Gasteiger partial charge is 0.298 e. The van der Waals surface area contributed by atoms with Crippen molar-refractivity contribution in [1.82, 2.24) is 0 Å². The summed E-state index contributed by atoms with van der Waals surface area (Å²) in [5, 5.41) is -0.646. The first-order chi connectivity index (χ1) is 9.86. The van der Waals surface area contributed by atoms with Crippen molar-refractivity contribution in [3.63, 3.8) is 0 Å². The predicted molar refractivity (Wildman–Crippen MR) is 83.3 cm³/mol. The zero-order chi connectivity index (χ0) is 17.3. The van der Waals surface area contributed by atoms with Crippen LogP contribution in [0.4, 0.5) is 0 Å². The molecule has 0 aromatic heterocycles. The molecule has 22 heavy (non-hydrogen) atoms. The van der Waals surface area contributed by atoms with Gasteiger partial charge in [-0.3, -0.25) is 8.37 Å². The maximum absolute atomic E-state index is 12.0. The Morgan fingerprint density at radius 2 is 1.05 bits per heavy atom. The number of rotatable bonds is 6. The van der Waals surface area contributed by atoms with Crippen LogP contribution in [0.1, 0.15) is 27.7 Å². The minimum Gasteiger partial charge on any atom is -0.264 e. The highest BCUT2D eigenvalue weighted by molar-refractivity contribution is 7.87. The lowest BCUT2D eigenvalue weighted by Crippen LogP contribution is -2.15. The van der Waals surface area contributed by atoms with Gasteiger partial charge in [0.25, 0.3) is 20.2 Å². The molecule has 0 aliphatic carbocycles. The maximum atomic E-state index is 12.0. The summed E-state index contributed by atoms with van der Waals surface area (Å²) in [5.74, 6) is 0. The second-order valence-corrected chi connectivity index (χ2v) is 8.81. The van der Waals surface area contributed by atoms with Crippen LogP contribution in [0.2, 0.25) is 10.0 Å². The van der Waals surface area contributed by atoms with E-state index in [1.807, 2.05) is 0 Å². The Kier molecular flexibility index (Phi) is 6.28. The van der Waals surface area contributed by atoms with Crippen LogP contribution in [0.15, 0.2) is 21.9 Å². The third-order valence-electron chi connectivity index (χ3n) is 2.16. The topological polar surface area (TPSA) is 86.7 Å². The average Bonchev–Trinajstić information content (AvgIpc) is 2.27. The first-order valence-electron chi connectivity index (χ1n) is 6.22. The third-order valence-corrected chi connectivity index (χ3v) is 6.04. The van der Waals surface area contributed by atoms with Gasteiger partial charge in [-0.15, -0.1) is 0 Å². The van der Waals surface area contributed by atoms with Crippen molar-refractivity contribution in [2.45, 2.75) is 49.7 Å². The molecule has 0 heterocycles. The Balaban J connectivity index is 3.41. The fourth-order valence-electron chi connectivity index (χ4n) is 1.50.